The van der Waals surface area contributed by atoms with Gasteiger partial charge in [0.25, 0.3) is 0 Å². The number of nitrogens with one attached hydrogen (secondary N) is 1. The molecule has 3 N–H and O–H groups in total. The number of hydrogen-bond acceptors (Lipinski definition) is 6. The topological polar surface area (TPSA) is 94.0 Å². The lowest BCUT2D eigenvalue weighted by atomic mass is 9.89. The second-order valence-electron chi connectivity index (χ2n) is 7.51. The maximum Gasteiger partial charge on any atom is 0.165 e. The summed E-state index contributed by atoms with van der Waals surface area (Å²) >= 11 is 0. The van der Waals surface area contributed by atoms with Gasteiger partial charge in [0.2, 0.25) is 0 Å². The summed E-state index contributed by atoms with van der Waals surface area (Å²) in [5.74, 6) is 1.42. The predicted octanol–water partition coefficient (Wildman–Crippen LogP) is 3.21. The highest BCUT2D eigenvalue weighted by molar-refractivity contribution is 5.79. The van der Waals surface area contributed by atoms with Gasteiger partial charge in [-0.2, -0.15) is 5.10 Å². The molecule has 5 heterocycles. The Morgan fingerprint density at radius 3 is 2.86 bits per heavy atom. The molecule has 4 aromatic rings. The van der Waals surface area contributed by atoms with Gasteiger partial charge in [-0.1, -0.05) is 6.07 Å². The summed E-state index contributed by atoms with van der Waals surface area (Å²) in [5, 5.41) is 7.90. The fourth-order valence-electron chi connectivity index (χ4n) is 4.04. The molecule has 0 spiro atoms. The molecule has 7 nitrogen and oxygen atoms in total. The van der Waals surface area contributed by atoms with Crippen LogP contribution in [0.2, 0.25) is 0 Å². The molecule has 0 aliphatic carbocycles. The van der Waals surface area contributed by atoms with Gasteiger partial charge >= 0.3 is 0 Å². The molecule has 0 aromatic carbocycles. The van der Waals surface area contributed by atoms with Gasteiger partial charge < -0.3 is 11.1 Å². The van der Waals surface area contributed by atoms with Crippen LogP contribution in [-0.4, -0.2) is 37.7 Å². The van der Waals surface area contributed by atoms with E-state index in [2.05, 4.69) is 21.5 Å². The third-order valence-corrected chi connectivity index (χ3v) is 5.53. The zero-order chi connectivity index (χ0) is 19.8. The van der Waals surface area contributed by atoms with Crippen LogP contribution in [0, 0.1) is 6.92 Å². The molecule has 1 aliphatic heterocycles. The van der Waals surface area contributed by atoms with Crippen molar-refractivity contribution in [2.75, 3.05) is 18.8 Å². The van der Waals surface area contributed by atoms with Crippen LogP contribution in [0.1, 0.15) is 30.0 Å². The lowest BCUT2D eigenvalue weighted by molar-refractivity contribution is 0.462. The molecule has 1 aliphatic rings. The first-order valence-electron chi connectivity index (χ1n) is 9.94. The van der Waals surface area contributed by atoms with Crippen molar-refractivity contribution in [1.29, 1.82) is 0 Å². The van der Waals surface area contributed by atoms with Crippen LogP contribution in [0.15, 0.2) is 48.9 Å². The van der Waals surface area contributed by atoms with Crippen LogP contribution in [-0.2, 0) is 0 Å². The maximum atomic E-state index is 6.54. The molecule has 29 heavy (non-hydrogen) atoms. The van der Waals surface area contributed by atoms with Crippen LogP contribution < -0.4 is 11.1 Å². The molecule has 1 saturated heterocycles. The lowest BCUT2D eigenvalue weighted by Gasteiger charge is -2.26. The van der Waals surface area contributed by atoms with E-state index < -0.39 is 0 Å². The van der Waals surface area contributed by atoms with Crippen molar-refractivity contribution in [2.45, 2.75) is 25.7 Å². The minimum absolute atomic E-state index is 0.290. The molecule has 0 unspecified atom stereocenters. The molecule has 7 heteroatoms. The third-order valence-electron chi connectivity index (χ3n) is 5.53. The van der Waals surface area contributed by atoms with Crippen molar-refractivity contribution < 1.29 is 0 Å². The van der Waals surface area contributed by atoms with Crippen molar-refractivity contribution in [3.8, 4) is 22.6 Å². The van der Waals surface area contributed by atoms with Crippen molar-refractivity contribution in [1.82, 2.24) is 29.9 Å². The van der Waals surface area contributed by atoms with Crippen LogP contribution in [0.4, 0.5) is 5.82 Å². The minimum atomic E-state index is 0.290. The van der Waals surface area contributed by atoms with Crippen LogP contribution >= 0.6 is 0 Å². The molecule has 0 saturated carbocycles. The number of nitrogens with two attached hydrogens (primary N) is 1. The minimum Gasteiger partial charge on any atom is -0.383 e. The van der Waals surface area contributed by atoms with Gasteiger partial charge in [-0.25, -0.2) is 14.5 Å². The highest BCUT2D eigenvalue weighted by atomic mass is 15.2. The monoisotopic (exact) mass is 385 g/mol. The van der Waals surface area contributed by atoms with Crippen LogP contribution in [0.3, 0.4) is 0 Å². The van der Waals surface area contributed by atoms with Gasteiger partial charge in [0.05, 0.1) is 23.0 Å². The standard InChI is InChI=1S/C22H23N7/c1-14-7-8-16(12-25-14)20-19(15-5-4-9-24-11-15)21(23)28-22(27-20)17-13-26-29-10-3-2-6-18(17)29/h2-3,6-8,10,12-13,15,24H,4-5,9,11H2,1H3,(H2,23,27,28)/t15-/m0/s1. The zero-order valence-electron chi connectivity index (χ0n) is 16.3. The number of anilines is 1. The largest absolute Gasteiger partial charge is 0.383 e. The van der Waals surface area contributed by atoms with Gasteiger partial charge in [0.1, 0.15) is 5.82 Å². The number of nitrogen functional groups attached to an aromatic ring is 1. The Morgan fingerprint density at radius 1 is 1.14 bits per heavy atom. The number of pyridine rings is 2. The van der Waals surface area contributed by atoms with E-state index in [1.165, 1.54) is 0 Å². The van der Waals surface area contributed by atoms with Crippen LogP contribution in [0.5, 0.6) is 0 Å². The summed E-state index contributed by atoms with van der Waals surface area (Å²) in [6.45, 7) is 3.91. The van der Waals surface area contributed by atoms with Gasteiger partial charge in [-0.05, 0) is 50.6 Å². The first-order chi connectivity index (χ1) is 14.2. The summed E-state index contributed by atoms with van der Waals surface area (Å²) in [5.41, 5.74) is 12.2. The number of hydrogen-bond donors (Lipinski definition) is 2. The highest BCUT2D eigenvalue weighted by Gasteiger charge is 2.25. The molecule has 4 aromatic heterocycles. The third kappa shape index (κ3) is 3.23. The average Bonchev–Trinajstić information content (AvgIpc) is 3.18. The van der Waals surface area contributed by atoms with E-state index in [1.54, 1.807) is 6.20 Å². The molecular weight excluding hydrogens is 362 g/mol. The molecule has 1 atom stereocenters. The first-order valence-corrected chi connectivity index (χ1v) is 9.94. The molecule has 0 amide bonds. The normalized spacial score (nSPS) is 16.9. The molecule has 146 valence electrons. The number of rotatable bonds is 3. The summed E-state index contributed by atoms with van der Waals surface area (Å²) in [6.07, 6.45) is 7.77. The number of aromatic nitrogens is 5. The quantitative estimate of drug-likeness (QED) is 0.562. The van der Waals surface area contributed by atoms with Crippen molar-refractivity contribution >= 4 is 11.3 Å². The average molecular weight is 385 g/mol. The summed E-state index contributed by atoms with van der Waals surface area (Å²) in [6, 6.07) is 10.0. The lowest BCUT2D eigenvalue weighted by Crippen LogP contribution is -2.29. The van der Waals surface area contributed by atoms with E-state index in [0.29, 0.717) is 11.6 Å². The van der Waals surface area contributed by atoms with Gasteiger partial charge in [-0.15, -0.1) is 0 Å². The molecule has 0 radical (unpaired) electrons. The summed E-state index contributed by atoms with van der Waals surface area (Å²) < 4.78 is 1.82. The van der Waals surface area contributed by atoms with E-state index in [4.69, 9.17) is 15.7 Å². The van der Waals surface area contributed by atoms with Gasteiger partial charge in [0, 0.05) is 41.7 Å². The molecule has 5 rings (SSSR count). The Bertz CT molecular complexity index is 1160. The number of fused-ring (bicyclic) bond motifs is 1. The van der Waals surface area contributed by atoms with E-state index in [9.17, 15) is 0 Å². The number of nitrogens with zero attached hydrogens (tertiary/aromatic N) is 5. The smallest absolute Gasteiger partial charge is 0.165 e. The van der Waals surface area contributed by atoms with Gasteiger partial charge in [0.15, 0.2) is 5.82 Å². The Hall–Kier alpha value is -3.32. The zero-order valence-corrected chi connectivity index (χ0v) is 16.3. The Labute approximate surface area is 169 Å². The van der Waals surface area contributed by atoms with E-state index in [-0.39, 0.29) is 5.92 Å². The Kier molecular flexibility index (Phi) is 4.44. The number of aryl methyl sites for hydroxylation is 1. The predicted molar refractivity (Wildman–Crippen MR) is 113 cm³/mol. The van der Waals surface area contributed by atoms with Crippen molar-refractivity contribution in [2.24, 2.45) is 0 Å². The van der Waals surface area contributed by atoms with E-state index >= 15 is 0 Å². The Balaban J connectivity index is 1.71. The fraction of sp³-hybridized carbons (Fsp3) is 0.273. The SMILES string of the molecule is Cc1ccc(-c2nc(-c3cnn4ccccc34)nc(N)c2[C@H]2CCCNC2)cn1. The van der Waals surface area contributed by atoms with Crippen molar-refractivity contribution in [3.63, 3.8) is 0 Å². The molecule has 1 fully saturated rings. The fourth-order valence-corrected chi connectivity index (χ4v) is 4.04. The van der Waals surface area contributed by atoms with Crippen LogP contribution in [0.25, 0.3) is 28.2 Å². The van der Waals surface area contributed by atoms with E-state index in [1.807, 2.05) is 48.1 Å². The van der Waals surface area contributed by atoms with Gasteiger partial charge in [-0.3, -0.25) is 4.98 Å². The molecular formula is C22H23N7. The summed E-state index contributed by atoms with van der Waals surface area (Å²) in [4.78, 5) is 14.2. The first kappa shape index (κ1) is 17.8. The maximum absolute atomic E-state index is 6.54. The Morgan fingerprint density at radius 2 is 2.07 bits per heavy atom. The molecule has 0 bridgehead atoms. The number of piperidine rings is 1. The second-order valence-corrected chi connectivity index (χ2v) is 7.51. The van der Waals surface area contributed by atoms with E-state index in [0.717, 1.165) is 59.5 Å². The summed E-state index contributed by atoms with van der Waals surface area (Å²) in [7, 11) is 0. The second kappa shape index (κ2) is 7.25. The highest BCUT2D eigenvalue weighted by Crippen LogP contribution is 2.36. The van der Waals surface area contributed by atoms with Crippen molar-refractivity contribution in [3.05, 3.63) is 60.2 Å².